The summed E-state index contributed by atoms with van der Waals surface area (Å²) in [7, 11) is 1.27. The molecule has 0 fully saturated rings. The molecule has 0 radical (unpaired) electrons. The maximum Gasteiger partial charge on any atom is 0.327 e. The zero-order valence-electron chi connectivity index (χ0n) is 9.61. The zero-order valence-corrected chi connectivity index (χ0v) is 11.8. The Kier molecular flexibility index (Phi) is 6.88. The van der Waals surface area contributed by atoms with Gasteiger partial charge in [-0.1, -0.05) is 20.8 Å². The Balaban J connectivity index is 4.21. The van der Waals surface area contributed by atoms with Gasteiger partial charge in [-0.2, -0.15) is 0 Å². The standard InChI is InChI=1S/C8H24N2OSi2/c1-6-13(7-2,8-3)10-12(9-4)11-5/h9-10,12H,6-8H2,1-5H3. The predicted octanol–water partition coefficient (Wildman–Crippen LogP) is 1.16. The van der Waals surface area contributed by atoms with Crippen LogP contribution in [-0.4, -0.2) is 31.8 Å². The van der Waals surface area contributed by atoms with E-state index in [4.69, 9.17) is 4.43 Å². The minimum absolute atomic E-state index is 1.20. The summed E-state index contributed by atoms with van der Waals surface area (Å²) in [6.07, 6.45) is 0. The second-order valence-electron chi connectivity index (χ2n) is 3.39. The van der Waals surface area contributed by atoms with Crippen molar-refractivity contribution in [2.45, 2.75) is 38.9 Å². The van der Waals surface area contributed by atoms with E-state index in [0.717, 1.165) is 0 Å². The largest absolute Gasteiger partial charge is 0.398 e. The lowest BCUT2D eigenvalue weighted by Crippen LogP contribution is -2.61. The van der Waals surface area contributed by atoms with Crippen LogP contribution in [0.2, 0.25) is 18.1 Å². The molecule has 0 aliphatic carbocycles. The molecule has 13 heavy (non-hydrogen) atoms. The Morgan fingerprint density at radius 3 is 1.85 bits per heavy atom. The van der Waals surface area contributed by atoms with E-state index < -0.39 is 17.6 Å². The van der Waals surface area contributed by atoms with Gasteiger partial charge < -0.3 is 14.1 Å². The van der Waals surface area contributed by atoms with E-state index in [1.54, 1.807) is 7.11 Å². The first-order valence-electron chi connectivity index (χ1n) is 5.15. The van der Waals surface area contributed by atoms with Crippen LogP contribution in [0.4, 0.5) is 0 Å². The Labute approximate surface area is 85.2 Å². The molecular weight excluding hydrogens is 196 g/mol. The summed E-state index contributed by atoms with van der Waals surface area (Å²) in [6.45, 7) is 6.88. The van der Waals surface area contributed by atoms with Gasteiger partial charge in [-0.05, 0) is 25.2 Å². The summed E-state index contributed by atoms with van der Waals surface area (Å²) < 4.78 is 9.17. The van der Waals surface area contributed by atoms with Gasteiger partial charge in [0, 0.05) is 7.11 Å². The van der Waals surface area contributed by atoms with E-state index in [9.17, 15) is 0 Å². The van der Waals surface area contributed by atoms with Gasteiger partial charge in [0.05, 0.1) is 0 Å². The lowest BCUT2D eigenvalue weighted by atomic mass is 10.9. The zero-order chi connectivity index (χ0) is 10.3. The molecule has 3 nitrogen and oxygen atoms in total. The summed E-state index contributed by atoms with van der Waals surface area (Å²) >= 11 is 0. The Morgan fingerprint density at radius 2 is 1.62 bits per heavy atom. The van der Waals surface area contributed by atoms with Gasteiger partial charge in [0.25, 0.3) is 0 Å². The highest BCUT2D eigenvalue weighted by molar-refractivity contribution is 6.84. The third-order valence-electron chi connectivity index (χ3n) is 2.97. The van der Waals surface area contributed by atoms with Crippen molar-refractivity contribution in [3.8, 4) is 0 Å². The van der Waals surface area contributed by atoms with Crippen molar-refractivity contribution in [3.05, 3.63) is 0 Å². The topological polar surface area (TPSA) is 33.3 Å². The quantitative estimate of drug-likeness (QED) is 0.632. The number of rotatable bonds is 7. The molecule has 2 N–H and O–H groups in total. The highest BCUT2D eigenvalue weighted by Gasteiger charge is 2.30. The average molecular weight is 220 g/mol. The van der Waals surface area contributed by atoms with Gasteiger partial charge in [0.2, 0.25) is 0 Å². The fourth-order valence-corrected chi connectivity index (χ4v) is 9.04. The van der Waals surface area contributed by atoms with Crippen molar-refractivity contribution < 1.29 is 4.43 Å². The monoisotopic (exact) mass is 220 g/mol. The molecule has 0 spiro atoms. The molecule has 0 rings (SSSR count). The van der Waals surface area contributed by atoms with E-state index >= 15 is 0 Å². The fraction of sp³-hybridized carbons (Fsp3) is 1.00. The predicted molar refractivity (Wildman–Crippen MR) is 63.6 cm³/mol. The highest BCUT2D eigenvalue weighted by atomic mass is 28.4. The third-order valence-corrected chi connectivity index (χ3v) is 11.5. The second-order valence-corrected chi connectivity index (χ2v) is 11.0. The van der Waals surface area contributed by atoms with Crippen molar-refractivity contribution in [2.75, 3.05) is 14.2 Å². The Morgan fingerprint density at radius 1 is 1.15 bits per heavy atom. The van der Waals surface area contributed by atoms with Crippen LogP contribution in [-0.2, 0) is 4.43 Å². The number of hydrogen-bond acceptors (Lipinski definition) is 3. The van der Waals surface area contributed by atoms with Crippen LogP contribution in [0.25, 0.3) is 0 Å². The first-order chi connectivity index (χ1) is 6.17. The molecule has 0 saturated heterocycles. The molecule has 1 unspecified atom stereocenters. The molecule has 0 aromatic heterocycles. The molecular formula is C8H24N2OSi2. The van der Waals surface area contributed by atoms with Gasteiger partial charge in [-0.3, -0.25) is 0 Å². The third kappa shape index (κ3) is 3.91. The molecule has 0 amide bonds. The van der Waals surface area contributed by atoms with Crippen LogP contribution in [0.5, 0.6) is 0 Å². The summed E-state index contributed by atoms with van der Waals surface area (Å²) in [5.74, 6) is 0. The van der Waals surface area contributed by atoms with Crippen LogP contribution >= 0.6 is 0 Å². The maximum atomic E-state index is 5.41. The number of hydrogen-bond donors (Lipinski definition) is 2. The first kappa shape index (κ1) is 13.3. The van der Waals surface area contributed by atoms with Gasteiger partial charge in [-0.25, -0.2) is 0 Å². The SMILES string of the molecule is CC[Si](CC)(CC)N[SiH](NC)OC. The first-order valence-corrected chi connectivity index (χ1v) is 9.40. The molecule has 0 aliphatic heterocycles. The van der Waals surface area contributed by atoms with E-state index in [-0.39, 0.29) is 0 Å². The fourth-order valence-electron chi connectivity index (χ4n) is 1.58. The van der Waals surface area contributed by atoms with Crippen molar-refractivity contribution >= 4 is 17.6 Å². The summed E-state index contributed by atoms with van der Waals surface area (Å²) in [6, 6.07) is 3.90. The van der Waals surface area contributed by atoms with E-state index in [1.807, 2.05) is 7.05 Å². The molecule has 0 aromatic carbocycles. The van der Waals surface area contributed by atoms with Crippen LogP contribution in [0, 0.1) is 0 Å². The minimum Gasteiger partial charge on any atom is -0.398 e. The lowest BCUT2D eigenvalue weighted by molar-refractivity contribution is 0.406. The number of nitrogens with one attached hydrogen (secondary N) is 2. The van der Waals surface area contributed by atoms with Gasteiger partial charge in [0.1, 0.15) is 8.24 Å². The second kappa shape index (κ2) is 6.72. The Hall–Kier alpha value is 0.314. The molecule has 0 bridgehead atoms. The maximum absolute atomic E-state index is 5.41. The van der Waals surface area contributed by atoms with Gasteiger partial charge >= 0.3 is 9.36 Å². The van der Waals surface area contributed by atoms with E-state index in [2.05, 4.69) is 30.4 Å². The Bertz CT molecular complexity index is 119. The van der Waals surface area contributed by atoms with Crippen molar-refractivity contribution in [3.63, 3.8) is 0 Å². The summed E-state index contributed by atoms with van der Waals surface area (Å²) in [4.78, 5) is 3.25. The molecule has 1 atom stereocenters. The van der Waals surface area contributed by atoms with Crippen LogP contribution < -0.4 is 9.63 Å². The molecule has 0 aliphatic rings. The minimum atomic E-state index is -1.31. The molecule has 0 aromatic rings. The highest BCUT2D eigenvalue weighted by Crippen LogP contribution is 2.16. The molecule has 80 valence electrons. The van der Waals surface area contributed by atoms with Crippen molar-refractivity contribution in [1.29, 1.82) is 0 Å². The van der Waals surface area contributed by atoms with Gasteiger partial charge in [-0.15, -0.1) is 0 Å². The van der Waals surface area contributed by atoms with Crippen LogP contribution in [0.15, 0.2) is 0 Å². The van der Waals surface area contributed by atoms with E-state index in [1.165, 1.54) is 18.1 Å². The summed E-state index contributed by atoms with van der Waals surface area (Å²) in [5.41, 5.74) is 0. The van der Waals surface area contributed by atoms with Crippen LogP contribution in [0.1, 0.15) is 20.8 Å². The van der Waals surface area contributed by atoms with Crippen molar-refractivity contribution in [2.24, 2.45) is 0 Å². The summed E-state index contributed by atoms with van der Waals surface area (Å²) in [5, 5.41) is 0. The smallest absolute Gasteiger partial charge is 0.327 e. The molecule has 5 heteroatoms. The molecule has 0 saturated carbocycles. The van der Waals surface area contributed by atoms with Crippen molar-refractivity contribution in [1.82, 2.24) is 9.63 Å². The average Bonchev–Trinajstić information content (AvgIpc) is 2.21. The normalized spacial score (nSPS) is 14.5. The lowest BCUT2D eigenvalue weighted by Gasteiger charge is -2.32. The van der Waals surface area contributed by atoms with E-state index in [0.29, 0.717) is 0 Å². The van der Waals surface area contributed by atoms with Gasteiger partial charge in [0.15, 0.2) is 0 Å². The molecule has 0 heterocycles. The van der Waals surface area contributed by atoms with Crippen LogP contribution in [0.3, 0.4) is 0 Å².